The Balaban J connectivity index is 1.58. The van der Waals surface area contributed by atoms with Gasteiger partial charge in [-0.1, -0.05) is 12.1 Å². The van der Waals surface area contributed by atoms with Crippen LogP contribution in [0.3, 0.4) is 0 Å². The van der Waals surface area contributed by atoms with E-state index in [1.165, 1.54) is 18.4 Å². The number of aliphatic hydroxyl groups is 1. The smallest absolute Gasteiger partial charge is 0.219 e. The molecule has 0 bridgehead atoms. The van der Waals surface area contributed by atoms with Crippen molar-refractivity contribution in [1.29, 1.82) is 0 Å². The Morgan fingerprint density at radius 2 is 2.10 bits per heavy atom. The Bertz CT molecular complexity index is 957. The molecule has 1 unspecified atom stereocenters. The van der Waals surface area contributed by atoms with Crippen molar-refractivity contribution >= 4 is 5.96 Å². The molecule has 0 amide bonds. The monoisotopic (exact) mass is 412 g/mol. The molecule has 2 aromatic heterocycles. The highest BCUT2D eigenvalue weighted by atomic mass is 19.1. The van der Waals surface area contributed by atoms with E-state index in [0.29, 0.717) is 36.4 Å². The highest BCUT2D eigenvalue weighted by Gasteiger charge is 2.26. The lowest BCUT2D eigenvalue weighted by atomic mass is 10.0. The summed E-state index contributed by atoms with van der Waals surface area (Å²) in [6.45, 7) is 4.91. The first-order valence-electron chi connectivity index (χ1n) is 9.63. The number of furan rings is 1. The number of hydrogen-bond acceptors (Lipinski definition) is 5. The highest BCUT2D eigenvalue weighted by Crippen LogP contribution is 2.21. The Hall–Kier alpha value is -3.39. The molecule has 3 aromatic rings. The molecule has 0 aliphatic rings. The number of benzene rings is 1. The van der Waals surface area contributed by atoms with E-state index < -0.39 is 5.60 Å². The highest BCUT2D eigenvalue weighted by molar-refractivity contribution is 5.79. The van der Waals surface area contributed by atoms with Crippen LogP contribution in [0.5, 0.6) is 11.6 Å². The fourth-order valence-electron chi connectivity index (χ4n) is 2.66. The van der Waals surface area contributed by atoms with Crippen molar-refractivity contribution in [2.75, 3.05) is 13.1 Å². The second kappa shape index (κ2) is 9.89. The van der Waals surface area contributed by atoms with Crippen LogP contribution in [0.1, 0.15) is 25.2 Å². The molecule has 3 rings (SSSR count). The number of guanidine groups is 1. The second-order valence-electron chi connectivity index (χ2n) is 6.86. The number of halogens is 1. The van der Waals surface area contributed by atoms with Gasteiger partial charge in [-0.3, -0.25) is 0 Å². The van der Waals surface area contributed by atoms with Crippen LogP contribution < -0.4 is 15.4 Å². The molecule has 2 heterocycles. The summed E-state index contributed by atoms with van der Waals surface area (Å²) in [6, 6.07) is 12.9. The summed E-state index contributed by atoms with van der Waals surface area (Å²) in [5.74, 6) is 1.42. The van der Waals surface area contributed by atoms with Crippen molar-refractivity contribution < 1.29 is 18.7 Å². The summed E-state index contributed by atoms with van der Waals surface area (Å²) < 4.78 is 24.1. The van der Waals surface area contributed by atoms with Gasteiger partial charge in [0.15, 0.2) is 5.96 Å². The van der Waals surface area contributed by atoms with Crippen LogP contribution in [0.4, 0.5) is 4.39 Å². The number of pyridine rings is 1. The average Bonchev–Trinajstić information content (AvgIpc) is 3.27. The normalized spacial score (nSPS) is 13.5. The fourth-order valence-corrected chi connectivity index (χ4v) is 2.66. The van der Waals surface area contributed by atoms with E-state index in [1.807, 2.05) is 13.0 Å². The largest absolute Gasteiger partial charge is 0.466 e. The number of aliphatic imine (C=N–C) groups is 1. The number of aromatic nitrogens is 1. The first kappa shape index (κ1) is 21.3. The molecular weight excluding hydrogens is 387 g/mol. The van der Waals surface area contributed by atoms with E-state index in [2.05, 4.69) is 20.6 Å². The Morgan fingerprint density at radius 1 is 1.23 bits per heavy atom. The molecule has 0 fully saturated rings. The van der Waals surface area contributed by atoms with Gasteiger partial charge in [0.2, 0.25) is 5.88 Å². The zero-order valence-electron chi connectivity index (χ0n) is 16.9. The van der Waals surface area contributed by atoms with Crippen LogP contribution in [0.15, 0.2) is 70.4 Å². The number of rotatable bonds is 8. The van der Waals surface area contributed by atoms with E-state index in [1.54, 1.807) is 43.5 Å². The van der Waals surface area contributed by atoms with Gasteiger partial charge in [0.25, 0.3) is 0 Å². The molecule has 0 saturated carbocycles. The topological polar surface area (TPSA) is 91.9 Å². The van der Waals surface area contributed by atoms with Gasteiger partial charge in [-0.2, -0.15) is 0 Å². The van der Waals surface area contributed by atoms with Gasteiger partial charge in [0, 0.05) is 24.9 Å². The van der Waals surface area contributed by atoms with Crippen LogP contribution >= 0.6 is 0 Å². The minimum Gasteiger partial charge on any atom is -0.466 e. The van der Waals surface area contributed by atoms with E-state index in [0.717, 1.165) is 5.56 Å². The fraction of sp³-hybridized carbons (Fsp3) is 0.273. The Labute approximate surface area is 174 Å². The summed E-state index contributed by atoms with van der Waals surface area (Å²) in [5.41, 5.74) is -0.298. The summed E-state index contributed by atoms with van der Waals surface area (Å²) >= 11 is 0. The second-order valence-corrected chi connectivity index (χ2v) is 6.86. The third-order valence-corrected chi connectivity index (χ3v) is 4.23. The van der Waals surface area contributed by atoms with E-state index in [4.69, 9.17) is 9.15 Å². The maximum Gasteiger partial charge on any atom is 0.219 e. The van der Waals surface area contributed by atoms with Crippen LogP contribution in [0.2, 0.25) is 0 Å². The van der Waals surface area contributed by atoms with Crippen LogP contribution in [-0.2, 0) is 12.1 Å². The molecule has 3 N–H and O–H groups in total. The van der Waals surface area contributed by atoms with Gasteiger partial charge < -0.3 is 24.9 Å². The van der Waals surface area contributed by atoms with Crippen molar-refractivity contribution in [3.8, 4) is 11.6 Å². The third-order valence-electron chi connectivity index (χ3n) is 4.23. The van der Waals surface area contributed by atoms with Crippen LogP contribution in [-0.4, -0.2) is 29.1 Å². The molecule has 8 heteroatoms. The maximum atomic E-state index is 13.2. The Morgan fingerprint density at radius 3 is 2.77 bits per heavy atom. The molecule has 0 aliphatic heterocycles. The van der Waals surface area contributed by atoms with Crippen molar-refractivity contribution in [2.45, 2.75) is 26.0 Å². The quantitative estimate of drug-likeness (QED) is 0.387. The molecular formula is C22H25FN4O3. The number of hydrogen-bond donors (Lipinski definition) is 3. The summed E-state index contributed by atoms with van der Waals surface area (Å²) in [5, 5.41) is 16.8. The lowest BCUT2D eigenvalue weighted by Crippen LogP contribution is -2.44. The lowest BCUT2D eigenvalue weighted by Gasteiger charge is -2.22. The van der Waals surface area contributed by atoms with Gasteiger partial charge in [0.1, 0.15) is 22.9 Å². The zero-order chi connectivity index (χ0) is 21.4. The third kappa shape index (κ3) is 6.05. The molecule has 30 heavy (non-hydrogen) atoms. The summed E-state index contributed by atoms with van der Waals surface area (Å²) in [6.07, 6.45) is 3.18. The number of nitrogens with one attached hydrogen (secondary N) is 2. The predicted octanol–water partition coefficient (Wildman–Crippen LogP) is 3.57. The molecule has 1 aromatic carbocycles. The minimum atomic E-state index is -1.17. The molecule has 1 atom stereocenters. The van der Waals surface area contributed by atoms with E-state index >= 15 is 0 Å². The molecule has 158 valence electrons. The van der Waals surface area contributed by atoms with Crippen molar-refractivity contribution in [3.63, 3.8) is 0 Å². The first-order valence-corrected chi connectivity index (χ1v) is 9.63. The van der Waals surface area contributed by atoms with E-state index in [9.17, 15) is 9.50 Å². The van der Waals surface area contributed by atoms with Gasteiger partial charge in [-0.15, -0.1) is 0 Å². The van der Waals surface area contributed by atoms with Gasteiger partial charge in [-0.05, 0) is 43.7 Å². The van der Waals surface area contributed by atoms with Gasteiger partial charge in [0.05, 0.1) is 19.4 Å². The SMILES string of the molecule is CCNC(=NCc1ccc(Oc2cccc(F)c2)nc1)NCC(C)(O)c1ccco1. The molecule has 0 saturated heterocycles. The Kier molecular flexibility index (Phi) is 7.03. The maximum absolute atomic E-state index is 13.2. The van der Waals surface area contributed by atoms with Gasteiger partial charge >= 0.3 is 0 Å². The van der Waals surface area contributed by atoms with Crippen molar-refractivity contribution in [3.05, 3.63) is 78.1 Å². The van der Waals surface area contributed by atoms with Crippen molar-refractivity contribution in [2.24, 2.45) is 4.99 Å². The minimum absolute atomic E-state index is 0.227. The lowest BCUT2D eigenvalue weighted by molar-refractivity contribution is 0.0386. The first-order chi connectivity index (χ1) is 14.5. The molecule has 0 aliphatic carbocycles. The van der Waals surface area contributed by atoms with Crippen LogP contribution in [0.25, 0.3) is 0 Å². The van der Waals surface area contributed by atoms with Gasteiger partial charge in [-0.25, -0.2) is 14.4 Å². The average molecular weight is 412 g/mol. The van der Waals surface area contributed by atoms with Crippen LogP contribution in [0, 0.1) is 5.82 Å². The molecule has 0 spiro atoms. The standard InChI is InChI=1S/C22H25FN4O3/c1-3-24-21(27-15-22(2,28)19-8-5-11-29-19)26-14-16-9-10-20(25-13-16)30-18-7-4-6-17(23)12-18/h4-13,28H,3,14-15H2,1-2H3,(H2,24,26,27). The summed E-state index contributed by atoms with van der Waals surface area (Å²) in [7, 11) is 0. The number of nitrogens with zero attached hydrogens (tertiary/aromatic N) is 2. The molecule has 7 nitrogen and oxygen atoms in total. The predicted molar refractivity (Wildman–Crippen MR) is 112 cm³/mol. The number of ether oxygens (including phenoxy) is 1. The zero-order valence-corrected chi connectivity index (χ0v) is 16.9. The molecule has 0 radical (unpaired) electrons. The summed E-state index contributed by atoms with van der Waals surface area (Å²) in [4.78, 5) is 8.76. The van der Waals surface area contributed by atoms with Crippen molar-refractivity contribution in [1.82, 2.24) is 15.6 Å². The van der Waals surface area contributed by atoms with E-state index in [-0.39, 0.29) is 12.4 Å².